The van der Waals surface area contributed by atoms with Gasteiger partial charge >= 0.3 is 0 Å². The van der Waals surface area contributed by atoms with Gasteiger partial charge in [0.1, 0.15) is 0 Å². The third kappa shape index (κ3) is 1.53. The fourth-order valence-electron chi connectivity index (χ4n) is 1.09. The van der Waals surface area contributed by atoms with Crippen molar-refractivity contribution in [2.75, 3.05) is 0 Å². The summed E-state index contributed by atoms with van der Waals surface area (Å²) >= 11 is 0. The molecule has 0 fully saturated rings. The van der Waals surface area contributed by atoms with Gasteiger partial charge < -0.3 is 4.98 Å². The first kappa shape index (κ1) is 8.52. The van der Waals surface area contributed by atoms with Gasteiger partial charge in [-0.1, -0.05) is 30.8 Å². The third-order valence-electron chi connectivity index (χ3n) is 1.63. The molecule has 1 aromatic carbocycles. The molecule has 2 aromatic rings. The second-order valence-corrected chi connectivity index (χ2v) is 2.48. The number of aromatic nitrogens is 1. The molecule has 0 aliphatic heterocycles. The third-order valence-corrected chi connectivity index (χ3v) is 1.63. The molecule has 0 amide bonds. The molecule has 1 N–H and O–H groups in total. The number of hydrogen-bond donors (Lipinski definition) is 1. The number of hydrogen-bond acceptors (Lipinski definition) is 0. The molecule has 0 bridgehead atoms. The Morgan fingerprint density at radius 1 is 1.36 bits per heavy atom. The Labute approximate surface area is 79.5 Å². The van der Waals surface area contributed by atoms with Crippen LogP contribution in [0.5, 0.6) is 0 Å². The standard InChI is InChI=1S/C9H8N.Re/c1-7-2-3-9-8(6-7)4-5-10-9;/h2-3,5-6,10H,1H3;/q-1;. The summed E-state index contributed by atoms with van der Waals surface area (Å²) in [4.78, 5) is 3.09. The van der Waals surface area contributed by atoms with Crippen molar-refractivity contribution >= 4 is 10.9 Å². The quantitative estimate of drug-likeness (QED) is 0.718. The average molecular weight is 316 g/mol. The van der Waals surface area contributed by atoms with E-state index in [0.29, 0.717) is 0 Å². The van der Waals surface area contributed by atoms with Gasteiger partial charge in [-0.15, -0.1) is 5.56 Å². The van der Waals surface area contributed by atoms with Gasteiger partial charge in [0.2, 0.25) is 0 Å². The van der Waals surface area contributed by atoms with Crippen LogP contribution in [-0.2, 0) is 20.4 Å². The number of rotatable bonds is 0. The van der Waals surface area contributed by atoms with Crippen LogP contribution in [0.3, 0.4) is 0 Å². The number of fused-ring (bicyclic) bond motifs is 1. The molecule has 0 saturated carbocycles. The summed E-state index contributed by atoms with van der Waals surface area (Å²) in [7, 11) is 0. The maximum absolute atomic E-state index is 3.10. The maximum atomic E-state index is 3.10. The smallest absolute Gasteiger partial charge is 0 e. The maximum Gasteiger partial charge on any atom is 0 e. The van der Waals surface area contributed by atoms with E-state index in [4.69, 9.17) is 0 Å². The summed E-state index contributed by atoms with van der Waals surface area (Å²) in [5, 5.41) is 1.17. The van der Waals surface area contributed by atoms with E-state index in [0.717, 1.165) is 5.52 Å². The topological polar surface area (TPSA) is 15.8 Å². The molecule has 0 atom stereocenters. The molecule has 1 aromatic heterocycles. The van der Waals surface area contributed by atoms with Crippen molar-refractivity contribution in [2.24, 2.45) is 0 Å². The molecule has 1 radical (unpaired) electrons. The van der Waals surface area contributed by atoms with Gasteiger partial charge in [0.25, 0.3) is 0 Å². The Bertz CT molecular complexity index is 351. The molecule has 0 spiro atoms. The predicted molar refractivity (Wildman–Crippen MR) is 41.9 cm³/mol. The van der Waals surface area contributed by atoms with Gasteiger partial charge in [0, 0.05) is 20.4 Å². The van der Waals surface area contributed by atoms with Crippen molar-refractivity contribution in [1.82, 2.24) is 4.98 Å². The minimum atomic E-state index is 0. The Hall–Kier alpha value is -0.578. The first-order valence-corrected chi connectivity index (χ1v) is 3.32. The van der Waals surface area contributed by atoms with E-state index >= 15 is 0 Å². The number of nitrogens with one attached hydrogen (secondary N) is 1. The largest absolute Gasteiger partial charge is 0.424 e. The zero-order valence-electron chi connectivity index (χ0n) is 6.19. The summed E-state index contributed by atoms with van der Waals surface area (Å²) in [6, 6.07) is 9.38. The predicted octanol–water partition coefficient (Wildman–Crippen LogP) is 2.27. The van der Waals surface area contributed by atoms with Crippen molar-refractivity contribution < 1.29 is 20.4 Å². The summed E-state index contributed by atoms with van der Waals surface area (Å²) in [5.41, 5.74) is 2.44. The summed E-state index contributed by atoms with van der Waals surface area (Å²) < 4.78 is 0. The second kappa shape index (κ2) is 3.21. The molecule has 2 heteroatoms. The van der Waals surface area contributed by atoms with Crippen molar-refractivity contribution in [1.29, 1.82) is 0 Å². The van der Waals surface area contributed by atoms with Crippen molar-refractivity contribution in [3.8, 4) is 0 Å². The fourth-order valence-corrected chi connectivity index (χ4v) is 1.09. The monoisotopic (exact) mass is 317 g/mol. The molecule has 0 aliphatic rings. The van der Waals surface area contributed by atoms with Gasteiger partial charge in [0.05, 0.1) is 0 Å². The second-order valence-electron chi connectivity index (χ2n) is 2.48. The summed E-state index contributed by atoms with van der Waals surface area (Å²) in [5.74, 6) is 0. The normalized spacial score (nSPS) is 9.55. The minimum Gasteiger partial charge on any atom is -0.424 e. The number of aromatic amines is 1. The Morgan fingerprint density at radius 3 is 3.00 bits per heavy atom. The van der Waals surface area contributed by atoms with Crippen LogP contribution in [0.25, 0.3) is 10.9 Å². The Morgan fingerprint density at radius 2 is 2.18 bits per heavy atom. The van der Waals surface area contributed by atoms with Crippen LogP contribution < -0.4 is 0 Å². The van der Waals surface area contributed by atoms with E-state index in [-0.39, 0.29) is 20.4 Å². The number of H-pyrrole nitrogens is 1. The van der Waals surface area contributed by atoms with Crippen LogP contribution in [0.4, 0.5) is 0 Å². The summed E-state index contributed by atoms with van der Waals surface area (Å²) in [6.45, 7) is 2.08. The first-order valence-electron chi connectivity index (χ1n) is 3.32. The molecule has 2 rings (SSSR count). The molecule has 0 aliphatic carbocycles. The van der Waals surface area contributed by atoms with Gasteiger partial charge in [-0.25, -0.2) is 0 Å². The molecule has 11 heavy (non-hydrogen) atoms. The minimum absolute atomic E-state index is 0. The fraction of sp³-hybridized carbons (Fsp3) is 0.111. The van der Waals surface area contributed by atoms with Crippen LogP contribution in [0, 0.1) is 13.0 Å². The van der Waals surface area contributed by atoms with Crippen LogP contribution in [-0.4, -0.2) is 4.98 Å². The molecule has 1 nitrogen and oxygen atoms in total. The van der Waals surface area contributed by atoms with E-state index in [1.165, 1.54) is 10.9 Å². The number of benzene rings is 1. The molecule has 0 unspecified atom stereocenters. The van der Waals surface area contributed by atoms with Crippen LogP contribution in [0.1, 0.15) is 5.56 Å². The van der Waals surface area contributed by atoms with Crippen LogP contribution in [0.15, 0.2) is 24.4 Å². The number of aryl methyl sites for hydroxylation is 1. The SMILES string of the molecule is Cc1ccc2[nH]c[c-]c2c1.[Re]. The van der Waals surface area contributed by atoms with Crippen LogP contribution in [0.2, 0.25) is 0 Å². The molecular weight excluding hydrogens is 308 g/mol. The van der Waals surface area contributed by atoms with Gasteiger partial charge in [-0.05, 0) is 0 Å². The van der Waals surface area contributed by atoms with Gasteiger partial charge in [-0.3, -0.25) is 0 Å². The Kier molecular flexibility index (Phi) is 2.49. The van der Waals surface area contributed by atoms with Crippen molar-refractivity contribution in [2.45, 2.75) is 6.92 Å². The zero-order valence-corrected chi connectivity index (χ0v) is 8.90. The van der Waals surface area contributed by atoms with Crippen molar-refractivity contribution in [3.63, 3.8) is 0 Å². The first-order chi connectivity index (χ1) is 4.86. The van der Waals surface area contributed by atoms with E-state index in [9.17, 15) is 0 Å². The van der Waals surface area contributed by atoms with Crippen molar-refractivity contribution in [3.05, 3.63) is 36.0 Å². The Balaban J connectivity index is 0.000000605. The van der Waals surface area contributed by atoms with E-state index < -0.39 is 0 Å². The average Bonchev–Trinajstić information content (AvgIpc) is 2.33. The van der Waals surface area contributed by atoms with E-state index in [2.05, 4.69) is 36.2 Å². The molecular formula is C9H8NRe-. The van der Waals surface area contributed by atoms with Gasteiger partial charge in [-0.2, -0.15) is 17.5 Å². The van der Waals surface area contributed by atoms with E-state index in [1.807, 2.05) is 6.20 Å². The molecule has 57 valence electrons. The van der Waals surface area contributed by atoms with Crippen LogP contribution >= 0.6 is 0 Å². The van der Waals surface area contributed by atoms with Gasteiger partial charge in [0.15, 0.2) is 0 Å². The molecule has 0 saturated heterocycles. The van der Waals surface area contributed by atoms with E-state index in [1.54, 1.807) is 0 Å². The zero-order chi connectivity index (χ0) is 6.97. The summed E-state index contributed by atoms with van der Waals surface area (Å²) in [6.07, 6.45) is 1.84. The molecule has 1 heterocycles.